The molecule has 29 heavy (non-hydrogen) atoms. The zero-order chi connectivity index (χ0) is 19.1. The van der Waals surface area contributed by atoms with E-state index in [1.165, 1.54) is 36.1 Å². The Hall–Kier alpha value is -2.11. The van der Waals surface area contributed by atoms with Crippen molar-refractivity contribution in [3.8, 4) is 0 Å². The molecule has 7 heteroatoms. The van der Waals surface area contributed by atoms with Crippen LogP contribution in [0.15, 0.2) is 36.4 Å². The Morgan fingerprint density at radius 3 is 2.62 bits per heavy atom. The van der Waals surface area contributed by atoms with Crippen molar-refractivity contribution in [1.29, 1.82) is 0 Å². The van der Waals surface area contributed by atoms with Crippen molar-refractivity contribution in [1.82, 2.24) is 20.6 Å². The molecule has 5 rings (SSSR count). The summed E-state index contributed by atoms with van der Waals surface area (Å²) in [6.07, 6.45) is 6.67. The molecule has 1 aliphatic carbocycles. The smallest absolute Gasteiger partial charge is 0.176 e. The summed E-state index contributed by atoms with van der Waals surface area (Å²) in [5, 5.41) is 16.0. The fraction of sp³-hybridized carbons (Fsp3) is 0.409. The van der Waals surface area contributed by atoms with E-state index in [9.17, 15) is 0 Å². The molecule has 1 aromatic heterocycles. The first-order valence-electron chi connectivity index (χ1n) is 9.78. The van der Waals surface area contributed by atoms with Crippen LogP contribution in [-0.4, -0.2) is 27.2 Å². The van der Waals surface area contributed by atoms with Gasteiger partial charge in [0.25, 0.3) is 0 Å². The Bertz CT molecular complexity index is 992. The molecule has 3 aromatic rings. The van der Waals surface area contributed by atoms with E-state index >= 15 is 0 Å². The van der Waals surface area contributed by atoms with Crippen molar-refractivity contribution >= 4 is 34.6 Å². The predicted octanol–water partition coefficient (Wildman–Crippen LogP) is 6.09. The number of aromatic nitrogens is 4. The van der Waals surface area contributed by atoms with E-state index in [0.29, 0.717) is 12.2 Å². The van der Waals surface area contributed by atoms with Crippen molar-refractivity contribution < 1.29 is 0 Å². The number of nitrogens with zero attached hydrogens (tertiary/aromatic N) is 4. The summed E-state index contributed by atoms with van der Waals surface area (Å²) < 4.78 is 0. The van der Waals surface area contributed by atoms with Crippen LogP contribution < -0.4 is 4.90 Å². The number of para-hydroxylation sites is 1. The van der Waals surface area contributed by atoms with Crippen LogP contribution in [-0.2, 0) is 11.8 Å². The molecule has 0 unspecified atom stereocenters. The van der Waals surface area contributed by atoms with Gasteiger partial charge in [-0.3, -0.25) is 0 Å². The third-order valence-corrected chi connectivity index (χ3v) is 6.73. The zero-order valence-electron chi connectivity index (χ0n) is 15.5. The molecule has 0 radical (unpaired) electrons. The van der Waals surface area contributed by atoms with E-state index < -0.39 is 0 Å². The molecule has 1 spiro atoms. The molecular weight excluding hydrogens is 405 g/mol. The second kappa shape index (κ2) is 7.96. The van der Waals surface area contributed by atoms with Crippen molar-refractivity contribution in [3.63, 3.8) is 0 Å². The number of aromatic amines is 1. The molecule has 2 aromatic carbocycles. The molecule has 0 amide bonds. The first-order chi connectivity index (χ1) is 13.7. The van der Waals surface area contributed by atoms with E-state index in [-0.39, 0.29) is 12.8 Å². The van der Waals surface area contributed by atoms with Crippen LogP contribution >= 0.6 is 23.2 Å². The van der Waals surface area contributed by atoms with Gasteiger partial charge < -0.3 is 4.90 Å². The standard InChI is InChI=1S/C21H21Cl2N5.CH4/c22-14-7-8-18-16(13-14)21(10-2-1-3-11-21)15-5-4-6-17(23)20(15)28(18)12-9-19-24-26-27-25-19;/h4-8,13H,1-3,9-12H2,(H,24,25,26,27);1H4. The number of anilines is 2. The Balaban J connectivity index is 0.00000205. The maximum Gasteiger partial charge on any atom is 0.176 e. The normalized spacial score (nSPS) is 16.8. The SMILES string of the molecule is C.Clc1ccc2c(c1)C1(CCCCC1)c1cccc(Cl)c1N2CCc1nn[nH]n1. The summed E-state index contributed by atoms with van der Waals surface area (Å²) in [7, 11) is 0. The number of fused-ring (bicyclic) bond motifs is 4. The molecule has 0 atom stereocenters. The average Bonchev–Trinajstić information content (AvgIpc) is 3.23. The Morgan fingerprint density at radius 1 is 1.03 bits per heavy atom. The lowest BCUT2D eigenvalue weighted by atomic mass is 9.63. The van der Waals surface area contributed by atoms with Crippen molar-refractivity contribution in [2.75, 3.05) is 11.4 Å². The van der Waals surface area contributed by atoms with Crippen LogP contribution in [0.4, 0.5) is 11.4 Å². The maximum absolute atomic E-state index is 6.78. The van der Waals surface area contributed by atoms with Crippen LogP contribution in [0, 0.1) is 0 Å². The van der Waals surface area contributed by atoms with Gasteiger partial charge >= 0.3 is 0 Å². The van der Waals surface area contributed by atoms with Gasteiger partial charge in [0.1, 0.15) is 0 Å². The third kappa shape index (κ3) is 3.30. The van der Waals surface area contributed by atoms with E-state index in [4.69, 9.17) is 23.2 Å². The second-order valence-electron chi connectivity index (χ2n) is 7.67. The van der Waals surface area contributed by atoms with Gasteiger partial charge in [0, 0.05) is 29.1 Å². The fourth-order valence-corrected chi connectivity index (χ4v) is 5.44. The largest absolute Gasteiger partial charge is 0.339 e. The molecule has 0 bridgehead atoms. The summed E-state index contributed by atoms with van der Waals surface area (Å²) in [5.41, 5.74) is 4.94. The number of nitrogens with one attached hydrogen (secondary N) is 1. The van der Waals surface area contributed by atoms with Gasteiger partial charge in [0.2, 0.25) is 0 Å². The molecule has 5 nitrogen and oxygen atoms in total. The highest BCUT2D eigenvalue weighted by atomic mass is 35.5. The van der Waals surface area contributed by atoms with E-state index in [1.54, 1.807) is 0 Å². The van der Waals surface area contributed by atoms with Gasteiger partial charge in [0.05, 0.1) is 10.7 Å². The quantitative estimate of drug-likeness (QED) is 0.547. The predicted molar refractivity (Wildman–Crippen MR) is 118 cm³/mol. The Morgan fingerprint density at radius 2 is 1.86 bits per heavy atom. The van der Waals surface area contributed by atoms with Crippen LogP contribution in [0.2, 0.25) is 10.0 Å². The maximum atomic E-state index is 6.78. The highest BCUT2D eigenvalue weighted by molar-refractivity contribution is 6.34. The van der Waals surface area contributed by atoms with Crippen molar-refractivity contribution in [2.24, 2.45) is 0 Å². The topological polar surface area (TPSA) is 57.7 Å². The molecule has 1 fully saturated rings. The molecule has 1 saturated carbocycles. The van der Waals surface area contributed by atoms with E-state index in [1.807, 2.05) is 12.1 Å². The van der Waals surface area contributed by atoms with Crippen LogP contribution in [0.5, 0.6) is 0 Å². The lowest BCUT2D eigenvalue weighted by Crippen LogP contribution is -2.39. The fourth-order valence-electron chi connectivity index (χ4n) is 4.99. The van der Waals surface area contributed by atoms with Gasteiger partial charge in [-0.2, -0.15) is 5.21 Å². The molecule has 2 heterocycles. The van der Waals surface area contributed by atoms with E-state index in [2.05, 4.69) is 49.8 Å². The minimum Gasteiger partial charge on any atom is -0.339 e. The summed E-state index contributed by atoms with van der Waals surface area (Å²) >= 11 is 13.2. The lowest BCUT2D eigenvalue weighted by Gasteiger charge is -2.48. The first-order valence-corrected chi connectivity index (χ1v) is 10.5. The molecular formula is C22H25Cl2N5. The molecule has 0 saturated heterocycles. The summed E-state index contributed by atoms with van der Waals surface area (Å²) in [6, 6.07) is 12.6. The monoisotopic (exact) mass is 429 g/mol. The van der Waals surface area contributed by atoms with Gasteiger partial charge in [0.15, 0.2) is 5.82 Å². The highest BCUT2D eigenvalue weighted by Crippen LogP contribution is 2.57. The third-order valence-electron chi connectivity index (χ3n) is 6.19. The van der Waals surface area contributed by atoms with Crippen molar-refractivity contribution in [2.45, 2.75) is 51.4 Å². The average molecular weight is 430 g/mol. The molecule has 1 aliphatic heterocycles. The van der Waals surface area contributed by atoms with Gasteiger partial charge in [-0.1, -0.05) is 67.2 Å². The molecule has 1 N–H and O–H groups in total. The summed E-state index contributed by atoms with van der Waals surface area (Å²) in [6.45, 7) is 0.723. The number of benzene rings is 2. The first kappa shape index (κ1) is 20.2. The number of hydrogen-bond donors (Lipinski definition) is 1. The van der Waals surface area contributed by atoms with Crippen molar-refractivity contribution in [3.05, 3.63) is 63.4 Å². The minimum absolute atomic E-state index is 0. The number of hydrogen-bond acceptors (Lipinski definition) is 4. The number of H-pyrrole nitrogens is 1. The summed E-state index contributed by atoms with van der Waals surface area (Å²) in [5.74, 6) is 0.696. The van der Waals surface area contributed by atoms with Gasteiger partial charge in [-0.25, -0.2) is 0 Å². The number of rotatable bonds is 3. The highest BCUT2D eigenvalue weighted by Gasteiger charge is 2.44. The van der Waals surface area contributed by atoms with Gasteiger partial charge in [-0.05, 0) is 48.2 Å². The number of halogens is 2. The van der Waals surface area contributed by atoms with Crippen LogP contribution in [0.25, 0.3) is 0 Å². The second-order valence-corrected chi connectivity index (χ2v) is 8.51. The zero-order valence-corrected chi connectivity index (χ0v) is 17.0. The lowest BCUT2D eigenvalue weighted by molar-refractivity contribution is 0.343. The molecule has 2 aliphatic rings. The van der Waals surface area contributed by atoms with Gasteiger partial charge in [-0.15, -0.1) is 10.2 Å². The van der Waals surface area contributed by atoms with E-state index in [0.717, 1.165) is 35.1 Å². The van der Waals surface area contributed by atoms with Crippen LogP contribution in [0.3, 0.4) is 0 Å². The minimum atomic E-state index is -0.0125. The number of tetrazole rings is 1. The molecule has 152 valence electrons. The Kier molecular flexibility index (Phi) is 5.54. The summed E-state index contributed by atoms with van der Waals surface area (Å²) in [4.78, 5) is 2.31. The Labute approximate surface area is 181 Å². The van der Waals surface area contributed by atoms with Crippen LogP contribution in [0.1, 0.15) is 56.5 Å².